The second-order valence-corrected chi connectivity index (χ2v) is 8.26. The van der Waals surface area contributed by atoms with Gasteiger partial charge in [0.1, 0.15) is 5.75 Å². The molecule has 2 saturated heterocycles. The fourth-order valence-electron chi connectivity index (χ4n) is 4.32. The van der Waals surface area contributed by atoms with Crippen LogP contribution >= 0.6 is 0 Å². The van der Waals surface area contributed by atoms with Crippen LogP contribution in [0.4, 0.5) is 11.6 Å². The van der Waals surface area contributed by atoms with Crippen molar-refractivity contribution in [3.05, 3.63) is 41.7 Å². The van der Waals surface area contributed by atoms with E-state index in [1.165, 1.54) is 4.90 Å². The molecule has 1 aromatic heterocycles. The second-order valence-electron chi connectivity index (χ2n) is 8.26. The molecule has 0 saturated carbocycles. The Hall–Kier alpha value is -3.00. The molecule has 0 aliphatic carbocycles. The molecule has 164 valence electrons. The highest BCUT2D eigenvalue weighted by atomic mass is 16.5. The van der Waals surface area contributed by atoms with Crippen molar-refractivity contribution in [1.29, 1.82) is 0 Å². The minimum absolute atomic E-state index is 0.113. The normalized spacial score (nSPS) is 19.9. The van der Waals surface area contributed by atoms with Gasteiger partial charge in [-0.25, -0.2) is 14.9 Å². The van der Waals surface area contributed by atoms with Gasteiger partial charge in [-0.15, -0.1) is 0 Å². The third-order valence-electron chi connectivity index (χ3n) is 5.87. The van der Waals surface area contributed by atoms with Crippen molar-refractivity contribution >= 4 is 23.5 Å². The molecule has 2 aromatic rings. The first-order valence-corrected chi connectivity index (χ1v) is 11.0. The number of carbonyl (C=O) groups excluding carboxylic acids is 2. The summed E-state index contributed by atoms with van der Waals surface area (Å²) in [5.74, 6) is 1.25. The predicted octanol–water partition coefficient (Wildman–Crippen LogP) is 0.919. The van der Waals surface area contributed by atoms with E-state index >= 15 is 0 Å². The quantitative estimate of drug-likeness (QED) is 0.695. The molecule has 31 heavy (non-hydrogen) atoms. The lowest BCUT2D eigenvalue weighted by atomic mass is 10.2. The van der Waals surface area contributed by atoms with E-state index in [4.69, 9.17) is 4.74 Å². The number of carbonyl (C=O) groups is 2. The van der Waals surface area contributed by atoms with Crippen LogP contribution in [0, 0.1) is 13.8 Å². The predicted molar refractivity (Wildman–Crippen MR) is 118 cm³/mol. The molecule has 2 fully saturated rings. The van der Waals surface area contributed by atoms with Crippen molar-refractivity contribution in [2.75, 3.05) is 42.6 Å². The zero-order valence-electron chi connectivity index (χ0n) is 18.4. The van der Waals surface area contributed by atoms with Gasteiger partial charge in [0, 0.05) is 11.4 Å². The van der Waals surface area contributed by atoms with Crippen molar-refractivity contribution in [3.63, 3.8) is 0 Å². The smallest absolute Gasteiger partial charge is 0.292 e. The largest absolute Gasteiger partial charge is 0.494 e. The number of nitrogens with zero attached hydrogens (tertiary/aromatic N) is 4. The molecular weight excluding hydrogens is 394 g/mol. The number of aryl methyl sites for hydroxylation is 2. The third-order valence-corrected chi connectivity index (χ3v) is 5.87. The van der Waals surface area contributed by atoms with E-state index in [-0.39, 0.29) is 24.3 Å². The maximum absolute atomic E-state index is 13.1. The molecular formula is C23H30N5O3+. The average molecular weight is 425 g/mol. The standard InChI is InChI=1S/C23H29N5O3/c1-4-13-31-19-7-5-18(6-8-19)28-21(29)15-20(22(28)30)26-9-11-27(12-10-26)23-24-16(2)14-17(3)25-23/h5-8,14,20H,4,9-13,15H2,1-3H3/p+1/t20-/m0/s1. The lowest BCUT2D eigenvalue weighted by molar-refractivity contribution is -0.915. The molecule has 0 bridgehead atoms. The van der Waals surface area contributed by atoms with E-state index in [1.807, 2.05) is 39.0 Å². The number of benzene rings is 1. The van der Waals surface area contributed by atoms with Crippen molar-refractivity contribution in [1.82, 2.24) is 9.97 Å². The fourth-order valence-corrected chi connectivity index (χ4v) is 4.32. The highest BCUT2D eigenvalue weighted by Crippen LogP contribution is 2.25. The monoisotopic (exact) mass is 424 g/mol. The van der Waals surface area contributed by atoms with E-state index in [9.17, 15) is 9.59 Å². The molecule has 0 spiro atoms. The highest BCUT2D eigenvalue weighted by Gasteiger charge is 2.46. The summed E-state index contributed by atoms with van der Waals surface area (Å²) in [7, 11) is 0. The van der Waals surface area contributed by atoms with Crippen LogP contribution in [0.25, 0.3) is 0 Å². The summed E-state index contributed by atoms with van der Waals surface area (Å²) in [6.07, 6.45) is 1.18. The lowest BCUT2D eigenvalue weighted by Crippen LogP contribution is -3.19. The zero-order valence-corrected chi connectivity index (χ0v) is 18.4. The molecule has 1 N–H and O–H groups in total. The van der Waals surface area contributed by atoms with Crippen molar-refractivity contribution in [2.45, 2.75) is 39.7 Å². The van der Waals surface area contributed by atoms with Crippen molar-refractivity contribution in [3.8, 4) is 5.75 Å². The van der Waals surface area contributed by atoms with Gasteiger partial charge in [0.05, 0.1) is 44.9 Å². The zero-order chi connectivity index (χ0) is 22.0. The van der Waals surface area contributed by atoms with Gasteiger partial charge in [0.25, 0.3) is 5.91 Å². The molecule has 2 amide bonds. The van der Waals surface area contributed by atoms with Crippen LogP contribution in [0.15, 0.2) is 30.3 Å². The number of hydrogen-bond donors (Lipinski definition) is 1. The minimum Gasteiger partial charge on any atom is -0.494 e. The molecule has 8 heteroatoms. The maximum Gasteiger partial charge on any atom is 0.292 e. The second kappa shape index (κ2) is 9.01. The lowest BCUT2D eigenvalue weighted by Gasteiger charge is -2.34. The Balaban J connectivity index is 1.40. The van der Waals surface area contributed by atoms with E-state index < -0.39 is 0 Å². The summed E-state index contributed by atoms with van der Waals surface area (Å²) >= 11 is 0. The highest BCUT2D eigenvalue weighted by molar-refractivity contribution is 6.21. The number of imide groups is 1. The van der Waals surface area contributed by atoms with Crippen molar-refractivity contribution < 1.29 is 19.2 Å². The maximum atomic E-state index is 13.1. The fraction of sp³-hybridized carbons (Fsp3) is 0.478. The van der Waals surface area contributed by atoms with Gasteiger partial charge in [-0.05, 0) is 50.6 Å². The number of nitrogens with one attached hydrogen (secondary N) is 1. The van der Waals surface area contributed by atoms with E-state index in [1.54, 1.807) is 12.1 Å². The van der Waals surface area contributed by atoms with Crippen LogP contribution in [0.2, 0.25) is 0 Å². The molecule has 4 rings (SSSR count). The average Bonchev–Trinajstić information content (AvgIpc) is 3.06. The van der Waals surface area contributed by atoms with E-state index in [2.05, 4.69) is 14.9 Å². The van der Waals surface area contributed by atoms with Gasteiger partial charge >= 0.3 is 0 Å². The summed E-state index contributed by atoms with van der Waals surface area (Å²) in [6.45, 7) is 9.71. The van der Waals surface area contributed by atoms with Crippen molar-refractivity contribution in [2.24, 2.45) is 0 Å². The first-order chi connectivity index (χ1) is 15.0. The summed E-state index contributed by atoms with van der Waals surface area (Å²) in [6, 6.07) is 8.83. The first kappa shape index (κ1) is 21.2. The minimum atomic E-state index is -0.328. The number of anilines is 2. The first-order valence-electron chi connectivity index (χ1n) is 11.0. The summed E-state index contributed by atoms with van der Waals surface area (Å²) in [5.41, 5.74) is 2.52. The van der Waals surface area contributed by atoms with E-state index in [0.29, 0.717) is 12.3 Å². The van der Waals surface area contributed by atoms with Gasteiger partial charge in [-0.3, -0.25) is 9.59 Å². The number of piperazine rings is 1. The van der Waals surface area contributed by atoms with Gasteiger partial charge in [0.15, 0.2) is 6.04 Å². The van der Waals surface area contributed by atoms with Crippen LogP contribution < -0.4 is 19.4 Å². The molecule has 2 aliphatic heterocycles. The van der Waals surface area contributed by atoms with Gasteiger partial charge < -0.3 is 14.5 Å². The molecule has 0 radical (unpaired) electrons. The Bertz CT molecular complexity index is 934. The Labute approximate surface area is 182 Å². The van der Waals surface area contributed by atoms with Crippen LogP contribution in [-0.2, 0) is 9.59 Å². The number of aromatic nitrogens is 2. The number of rotatable bonds is 6. The molecule has 8 nitrogen and oxygen atoms in total. The summed E-state index contributed by atoms with van der Waals surface area (Å²) < 4.78 is 5.60. The molecule has 3 heterocycles. The molecule has 2 aliphatic rings. The topological polar surface area (TPSA) is 80.1 Å². The van der Waals surface area contributed by atoms with Gasteiger partial charge in [0.2, 0.25) is 11.9 Å². The Morgan fingerprint density at radius 2 is 1.71 bits per heavy atom. The third kappa shape index (κ3) is 4.54. The SMILES string of the molecule is CCCOc1ccc(N2C(=O)C[C@H]([NH+]3CCN(c4nc(C)cc(C)n4)CC3)C2=O)cc1. The summed E-state index contributed by atoms with van der Waals surface area (Å²) in [4.78, 5) is 39.6. The molecule has 1 aromatic carbocycles. The Kier molecular flexibility index (Phi) is 6.18. The number of amides is 2. The van der Waals surface area contributed by atoms with Crippen LogP contribution in [0.1, 0.15) is 31.2 Å². The number of quaternary nitrogens is 1. The Morgan fingerprint density at radius 1 is 1.06 bits per heavy atom. The van der Waals surface area contributed by atoms with Crippen LogP contribution in [0.5, 0.6) is 5.75 Å². The van der Waals surface area contributed by atoms with Gasteiger partial charge in [-0.2, -0.15) is 0 Å². The number of ether oxygens (including phenoxy) is 1. The van der Waals surface area contributed by atoms with E-state index in [0.717, 1.165) is 60.6 Å². The molecule has 0 unspecified atom stereocenters. The Morgan fingerprint density at radius 3 is 2.32 bits per heavy atom. The van der Waals surface area contributed by atoms with Gasteiger partial charge in [-0.1, -0.05) is 6.92 Å². The molecule has 1 atom stereocenters. The number of hydrogen-bond acceptors (Lipinski definition) is 6. The summed E-state index contributed by atoms with van der Waals surface area (Å²) in [5, 5.41) is 0. The van der Waals surface area contributed by atoms with Crippen LogP contribution in [-0.4, -0.2) is 60.6 Å². The van der Waals surface area contributed by atoms with Crippen LogP contribution in [0.3, 0.4) is 0 Å².